The average Bonchev–Trinajstić information content (AvgIpc) is 3.41. The summed E-state index contributed by atoms with van der Waals surface area (Å²) in [6.07, 6.45) is 1.38. The monoisotopic (exact) mass is 514 g/mol. The van der Waals surface area contributed by atoms with Gasteiger partial charge in [0.15, 0.2) is 0 Å². The van der Waals surface area contributed by atoms with Crippen molar-refractivity contribution in [1.29, 1.82) is 0 Å². The molecule has 1 N–H and O–H groups in total. The molecule has 5 nitrogen and oxygen atoms in total. The highest BCUT2D eigenvalue weighted by Crippen LogP contribution is 2.32. The Morgan fingerprint density at radius 3 is 2.49 bits per heavy atom. The summed E-state index contributed by atoms with van der Waals surface area (Å²) in [6, 6.07) is 33.6. The molecule has 0 saturated carbocycles. The number of nitrogens with one attached hydrogen (secondary N) is 1. The number of hydrogen-bond acceptors (Lipinski definition) is 3. The summed E-state index contributed by atoms with van der Waals surface area (Å²) in [5, 5.41) is 5.27. The molecule has 2 amide bonds. The van der Waals surface area contributed by atoms with Crippen LogP contribution in [0.15, 0.2) is 108 Å². The van der Waals surface area contributed by atoms with Crippen LogP contribution in [0.1, 0.15) is 46.5 Å². The number of anilines is 1. The Balaban J connectivity index is 1.18. The molecule has 1 aromatic heterocycles. The lowest BCUT2D eigenvalue weighted by atomic mass is 9.95. The van der Waals surface area contributed by atoms with Gasteiger partial charge in [-0.05, 0) is 53.1 Å². The van der Waals surface area contributed by atoms with E-state index in [1.165, 1.54) is 0 Å². The van der Waals surface area contributed by atoms with Gasteiger partial charge < -0.3 is 14.6 Å². The number of nitrogens with zero attached hydrogens (tertiary/aromatic N) is 1. The molecule has 0 aliphatic carbocycles. The Morgan fingerprint density at radius 1 is 0.872 bits per heavy atom. The number of rotatable bonds is 6. The van der Waals surface area contributed by atoms with Crippen LogP contribution >= 0.6 is 0 Å². The van der Waals surface area contributed by atoms with E-state index in [1.807, 2.05) is 109 Å². The van der Waals surface area contributed by atoms with Crippen molar-refractivity contribution in [3.8, 4) is 11.3 Å². The summed E-state index contributed by atoms with van der Waals surface area (Å²) in [7, 11) is 0. The summed E-state index contributed by atoms with van der Waals surface area (Å²) in [5.74, 6) is 1.45. The highest BCUT2D eigenvalue weighted by molar-refractivity contribution is 5.99. The molecule has 5 aromatic rings. The van der Waals surface area contributed by atoms with Gasteiger partial charge in [0.05, 0.1) is 5.92 Å². The third-order valence-corrected chi connectivity index (χ3v) is 7.49. The van der Waals surface area contributed by atoms with Gasteiger partial charge in [0.2, 0.25) is 5.91 Å². The molecule has 0 radical (unpaired) electrons. The fourth-order valence-corrected chi connectivity index (χ4v) is 5.39. The number of fused-ring (bicyclic) bond motifs is 2. The molecule has 1 aliphatic rings. The van der Waals surface area contributed by atoms with Gasteiger partial charge in [0.25, 0.3) is 5.91 Å². The normalized spacial score (nSPS) is 13.6. The van der Waals surface area contributed by atoms with Crippen LogP contribution in [0.2, 0.25) is 0 Å². The molecule has 0 spiro atoms. The second-order valence-electron chi connectivity index (χ2n) is 10.0. The summed E-state index contributed by atoms with van der Waals surface area (Å²) >= 11 is 0. The highest BCUT2D eigenvalue weighted by atomic mass is 16.3. The van der Waals surface area contributed by atoms with Gasteiger partial charge in [0, 0.05) is 41.9 Å². The van der Waals surface area contributed by atoms with Crippen LogP contribution in [-0.2, 0) is 17.8 Å². The Hall–Kier alpha value is -4.64. The quantitative estimate of drug-likeness (QED) is 0.256. The third-order valence-electron chi connectivity index (χ3n) is 7.49. The van der Waals surface area contributed by atoms with Gasteiger partial charge in [0.1, 0.15) is 11.5 Å². The Kier molecular flexibility index (Phi) is 6.72. The van der Waals surface area contributed by atoms with Crippen LogP contribution in [0, 0.1) is 0 Å². The van der Waals surface area contributed by atoms with E-state index in [2.05, 4.69) is 11.4 Å². The van der Waals surface area contributed by atoms with Crippen molar-refractivity contribution < 1.29 is 14.0 Å². The molecule has 1 aliphatic heterocycles. The van der Waals surface area contributed by atoms with Gasteiger partial charge in [-0.15, -0.1) is 0 Å². The zero-order valence-electron chi connectivity index (χ0n) is 21.9. The van der Waals surface area contributed by atoms with Gasteiger partial charge in [-0.3, -0.25) is 9.59 Å². The fourth-order valence-electron chi connectivity index (χ4n) is 5.39. The first-order valence-electron chi connectivity index (χ1n) is 13.4. The first-order chi connectivity index (χ1) is 19.1. The van der Waals surface area contributed by atoms with Gasteiger partial charge in [-0.25, -0.2) is 0 Å². The maximum Gasteiger partial charge on any atom is 0.254 e. The van der Waals surface area contributed by atoms with E-state index in [4.69, 9.17) is 4.42 Å². The lowest BCUT2D eigenvalue weighted by Gasteiger charge is -2.26. The van der Waals surface area contributed by atoms with E-state index in [0.717, 1.165) is 51.1 Å². The molecule has 39 heavy (non-hydrogen) atoms. The first-order valence-corrected chi connectivity index (χ1v) is 13.4. The van der Waals surface area contributed by atoms with E-state index >= 15 is 0 Å². The molecule has 0 bridgehead atoms. The second kappa shape index (κ2) is 10.6. The van der Waals surface area contributed by atoms with Crippen LogP contribution in [-0.4, -0.2) is 23.3 Å². The predicted molar refractivity (Wildman–Crippen MR) is 155 cm³/mol. The summed E-state index contributed by atoms with van der Waals surface area (Å²) in [4.78, 5) is 28.3. The Morgan fingerprint density at radius 2 is 1.67 bits per heavy atom. The number of carbonyl (C=O) groups is 2. The van der Waals surface area contributed by atoms with Gasteiger partial charge in [-0.2, -0.15) is 0 Å². The largest absolute Gasteiger partial charge is 0.461 e. The molecule has 0 fully saturated rings. The number of carbonyl (C=O) groups excluding carboxylic acids is 2. The van der Waals surface area contributed by atoms with Gasteiger partial charge in [-0.1, -0.05) is 79.7 Å². The predicted octanol–water partition coefficient (Wildman–Crippen LogP) is 7.43. The average molecular weight is 515 g/mol. The van der Waals surface area contributed by atoms with Crippen molar-refractivity contribution >= 4 is 28.3 Å². The van der Waals surface area contributed by atoms with Crippen molar-refractivity contribution in [2.45, 2.75) is 32.2 Å². The molecule has 1 unspecified atom stereocenters. The zero-order chi connectivity index (χ0) is 26.8. The maximum absolute atomic E-state index is 13.3. The summed E-state index contributed by atoms with van der Waals surface area (Å²) < 4.78 is 6.23. The SMILES string of the molecule is CCC(C(=O)Nc1cccc(-c2cc3c(o2)CCN(C(=O)c2ccc4ccccc4c2)C3)c1)c1ccccc1. The first kappa shape index (κ1) is 24.7. The van der Waals surface area contributed by atoms with Crippen LogP contribution in [0.5, 0.6) is 0 Å². The van der Waals surface area contributed by atoms with Crippen LogP contribution in [0.3, 0.4) is 0 Å². The minimum Gasteiger partial charge on any atom is -0.461 e. The van der Waals surface area contributed by atoms with E-state index in [-0.39, 0.29) is 17.7 Å². The number of benzene rings is 4. The third kappa shape index (κ3) is 5.08. The fraction of sp³-hybridized carbons (Fsp3) is 0.176. The molecule has 4 aromatic carbocycles. The van der Waals surface area contributed by atoms with Crippen LogP contribution in [0.25, 0.3) is 22.1 Å². The molecule has 0 saturated heterocycles. The number of hydrogen-bond donors (Lipinski definition) is 1. The number of furan rings is 1. The van der Waals surface area contributed by atoms with Crippen molar-refractivity contribution in [2.75, 3.05) is 11.9 Å². The van der Waals surface area contributed by atoms with Gasteiger partial charge >= 0.3 is 0 Å². The lowest BCUT2D eigenvalue weighted by Crippen LogP contribution is -2.35. The maximum atomic E-state index is 13.3. The summed E-state index contributed by atoms with van der Waals surface area (Å²) in [6.45, 7) is 3.14. The van der Waals surface area contributed by atoms with Crippen LogP contribution in [0.4, 0.5) is 5.69 Å². The minimum absolute atomic E-state index is 0.0255. The molecular formula is C34H30N2O3. The standard InChI is InChI=1S/C34H30N2O3/c1-2-30(24-10-4-3-5-11-24)33(37)35-29-14-8-13-26(20-29)32-21-28-22-36(18-17-31(28)39-32)34(38)27-16-15-23-9-6-7-12-25(23)19-27/h3-16,19-21,30H,2,17-18,22H2,1H3,(H,35,37). The Bertz CT molecular complexity index is 1650. The molecule has 1 atom stereocenters. The van der Waals surface area contributed by atoms with Crippen LogP contribution < -0.4 is 5.32 Å². The van der Waals surface area contributed by atoms with E-state index in [9.17, 15) is 9.59 Å². The van der Waals surface area contributed by atoms with E-state index in [0.29, 0.717) is 25.1 Å². The Labute approximate surface area is 228 Å². The topological polar surface area (TPSA) is 62.6 Å². The van der Waals surface area contributed by atoms with Crippen molar-refractivity contribution in [2.24, 2.45) is 0 Å². The molecular weight excluding hydrogens is 484 g/mol. The summed E-state index contributed by atoms with van der Waals surface area (Å²) in [5.41, 5.74) is 4.35. The second-order valence-corrected chi connectivity index (χ2v) is 10.0. The zero-order valence-corrected chi connectivity index (χ0v) is 21.9. The molecule has 5 heteroatoms. The molecule has 2 heterocycles. The van der Waals surface area contributed by atoms with E-state index < -0.39 is 0 Å². The van der Waals surface area contributed by atoms with E-state index in [1.54, 1.807) is 0 Å². The molecule has 6 rings (SSSR count). The van der Waals surface area contributed by atoms with Crippen molar-refractivity contribution in [3.05, 3.63) is 126 Å². The minimum atomic E-state index is -0.211. The number of amides is 2. The smallest absolute Gasteiger partial charge is 0.254 e. The highest BCUT2D eigenvalue weighted by Gasteiger charge is 2.26. The van der Waals surface area contributed by atoms with Crippen molar-refractivity contribution in [1.82, 2.24) is 4.90 Å². The lowest BCUT2D eigenvalue weighted by molar-refractivity contribution is -0.117. The van der Waals surface area contributed by atoms with Crippen molar-refractivity contribution in [3.63, 3.8) is 0 Å². The molecule has 194 valence electrons.